The summed E-state index contributed by atoms with van der Waals surface area (Å²) in [7, 11) is 0. The van der Waals surface area contributed by atoms with Gasteiger partial charge in [0.15, 0.2) is 0 Å². The van der Waals surface area contributed by atoms with Crippen LogP contribution in [0.1, 0.15) is 49.4 Å². The Hall–Kier alpha value is -1.11. The Labute approximate surface area is 176 Å². The smallest absolute Gasteiger partial charge is 0.137 e. The van der Waals surface area contributed by atoms with Crippen LogP contribution in [-0.4, -0.2) is 9.38 Å². The normalized spacial score (nSPS) is 13.2. The van der Waals surface area contributed by atoms with Gasteiger partial charge in [-0.2, -0.15) is 0 Å². The number of fused-ring (bicyclic) bond motifs is 2. The van der Waals surface area contributed by atoms with Gasteiger partial charge in [-0.05, 0) is 64.1 Å². The molecule has 2 nitrogen and oxygen atoms in total. The summed E-state index contributed by atoms with van der Waals surface area (Å²) < 4.78 is 4.69. The molecule has 0 saturated heterocycles. The Morgan fingerprint density at radius 3 is 2.77 bits per heavy atom. The van der Waals surface area contributed by atoms with E-state index in [-0.39, 0.29) is 0 Å². The Morgan fingerprint density at radius 2 is 2.00 bits per heavy atom. The fourth-order valence-corrected chi connectivity index (χ4v) is 5.17. The van der Waals surface area contributed by atoms with Crippen molar-refractivity contribution in [1.82, 2.24) is 9.38 Å². The highest BCUT2D eigenvalue weighted by atomic mass is 127. The van der Waals surface area contributed by atoms with Crippen LogP contribution in [-0.2, 0) is 6.42 Å². The third-order valence-electron chi connectivity index (χ3n) is 4.88. The lowest BCUT2D eigenvalue weighted by Crippen LogP contribution is -2.01. The van der Waals surface area contributed by atoms with Crippen LogP contribution in [0.25, 0.3) is 15.7 Å². The molecule has 3 heterocycles. The number of hydrogen-bond donors (Lipinski definition) is 0. The van der Waals surface area contributed by atoms with Crippen LogP contribution in [0.2, 0.25) is 5.02 Å². The second kappa shape index (κ2) is 7.13. The largest absolute Gasteiger partial charge is 0.306 e. The number of nitrogens with zero attached hydrogens (tertiary/aromatic N) is 2. The minimum atomic E-state index is 0.441. The number of benzene rings is 1. The molecule has 1 atom stereocenters. The van der Waals surface area contributed by atoms with E-state index in [4.69, 9.17) is 16.6 Å². The van der Waals surface area contributed by atoms with Crippen molar-refractivity contribution in [3.8, 4) is 0 Å². The van der Waals surface area contributed by atoms with Crippen LogP contribution in [0.15, 0.2) is 42.0 Å². The van der Waals surface area contributed by atoms with Gasteiger partial charge < -0.3 is 4.40 Å². The number of pyridine rings is 1. The third-order valence-corrected chi connectivity index (χ3v) is 7.24. The van der Waals surface area contributed by atoms with Gasteiger partial charge in [0.2, 0.25) is 0 Å². The second-order valence-electron chi connectivity index (χ2n) is 7.18. The van der Waals surface area contributed by atoms with E-state index in [1.807, 2.05) is 5.38 Å². The molecule has 4 aromatic rings. The van der Waals surface area contributed by atoms with E-state index < -0.39 is 0 Å². The predicted octanol–water partition coefficient (Wildman–Crippen LogP) is 7.28. The first-order valence-corrected chi connectivity index (χ1v) is 11.1. The van der Waals surface area contributed by atoms with Crippen LogP contribution < -0.4 is 0 Å². The van der Waals surface area contributed by atoms with E-state index in [1.54, 1.807) is 11.3 Å². The van der Waals surface area contributed by atoms with Crippen molar-refractivity contribution in [2.45, 2.75) is 39.0 Å². The molecule has 26 heavy (non-hydrogen) atoms. The van der Waals surface area contributed by atoms with Crippen molar-refractivity contribution in [3.63, 3.8) is 0 Å². The molecule has 0 saturated carbocycles. The van der Waals surface area contributed by atoms with Gasteiger partial charge in [-0.15, -0.1) is 11.3 Å². The number of aromatic nitrogens is 2. The molecule has 134 valence electrons. The molecular formula is C21H20ClIN2S. The molecule has 1 aromatic carbocycles. The van der Waals surface area contributed by atoms with E-state index >= 15 is 0 Å². The van der Waals surface area contributed by atoms with Gasteiger partial charge in [0, 0.05) is 31.4 Å². The molecule has 0 N–H and O–H groups in total. The van der Waals surface area contributed by atoms with Crippen LogP contribution >= 0.6 is 45.5 Å². The number of rotatable bonds is 4. The van der Waals surface area contributed by atoms with Crippen LogP contribution in [0.4, 0.5) is 0 Å². The molecule has 0 radical (unpaired) electrons. The van der Waals surface area contributed by atoms with Crippen molar-refractivity contribution in [2.75, 3.05) is 0 Å². The van der Waals surface area contributed by atoms with E-state index in [1.165, 1.54) is 19.4 Å². The summed E-state index contributed by atoms with van der Waals surface area (Å²) in [5.74, 6) is 0.884. The predicted molar refractivity (Wildman–Crippen MR) is 121 cm³/mol. The van der Waals surface area contributed by atoms with Crippen LogP contribution in [0, 0.1) is 3.57 Å². The number of halogens is 2. The summed E-state index contributed by atoms with van der Waals surface area (Å²) >= 11 is 10.4. The lowest BCUT2D eigenvalue weighted by Gasteiger charge is -2.14. The third kappa shape index (κ3) is 3.39. The maximum absolute atomic E-state index is 6.23. The van der Waals surface area contributed by atoms with Crippen LogP contribution in [0.5, 0.6) is 0 Å². The zero-order valence-electron chi connectivity index (χ0n) is 15.0. The van der Waals surface area contributed by atoms with Crippen LogP contribution in [0.3, 0.4) is 0 Å². The topological polar surface area (TPSA) is 17.3 Å². The Balaban J connectivity index is 1.65. The van der Waals surface area contributed by atoms with Crippen molar-refractivity contribution < 1.29 is 0 Å². The monoisotopic (exact) mass is 494 g/mol. The van der Waals surface area contributed by atoms with Gasteiger partial charge >= 0.3 is 0 Å². The first-order chi connectivity index (χ1) is 12.4. The minimum Gasteiger partial charge on any atom is -0.306 e. The molecule has 0 bridgehead atoms. The summed E-state index contributed by atoms with van der Waals surface area (Å²) in [6.45, 7) is 6.66. The molecule has 0 spiro atoms. The zero-order chi connectivity index (χ0) is 18.4. The van der Waals surface area contributed by atoms with Gasteiger partial charge in [0.1, 0.15) is 5.65 Å². The van der Waals surface area contributed by atoms with E-state index in [2.05, 4.69) is 84.4 Å². The fraction of sp³-hybridized carbons (Fsp3) is 0.286. The highest BCUT2D eigenvalue weighted by Crippen LogP contribution is 2.33. The molecule has 0 aliphatic rings. The maximum Gasteiger partial charge on any atom is 0.137 e. The minimum absolute atomic E-state index is 0.441. The standard InChI is InChI=1S/C21H20ClIN2S/c1-12(2)19-10-25-9-18(23)15(8-21(25)24-19)6-13(3)14-4-5-16-17(22)11-26-20(16)7-14/h4-5,7-13H,6H2,1-3H3. The Kier molecular flexibility index (Phi) is 5.01. The summed E-state index contributed by atoms with van der Waals surface area (Å²) in [4.78, 5) is 4.78. The fourth-order valence-electron chi connectivity index (χ4n) is 3.27. The van der Waals surface area contributed by atoms with E-state index in [0.29, 0.717) is 11.8 Å². The average molecular weight is 495 g/mol. The summed E-state index contributed by atoms with van der Waals surface area (Å²) in [6, 6.07) is 8.89. The van der Waals surface area contributed by atoms with Gasteiger partial charge in [-0.3, -0.25) is 0 Å². The lowest BCUT2D eigenvalue weighted by molar-refractivity contribution is 0.756. The van der Waals surface area contributed by atoms with Crippen molar-refractivity contribution >= 4 is 61.3 Å². The van der Waals surface area contributed by atoms with Crippen molar-refractivity contribution in [1.29, 1.82) is 0 Å². The maximum atomic E-state index is 6.23. The SMILES string of the molecule is CC(C)c1cn2cc(I)c(CC(C)c3ccc4c(Cl)csc4c3)cc2n1. The molecule has 0 aliphatic heterocycles. The second-order valence-corrected chi connectivity index (χ2v) is 9.66. The Morgan fingerprint density at radius 1 is 1.19 bits per heavy atom. The summed E-state index contributed by atoms with van der Waals surface area (Å²) in [5.41, 5.74) is 4.90. The average Bonchev–Trinajstić information content (AvgIpc) is 3.18. The molecule has 1 unspecified atom stereocenters. The highest BCUT2D eigenvalue weighted by molar-refractivity contribution is 14.1. The zero-order valence-corrected chi connectivity index (χ0v) is 18.7. The van der Waals surface area contributed by atoms with Gasteiger partial charge in [-0.25, -0.2) is 4.98 Å². The molecule has 4 rings (SSSR count). The lowest BCUT2D eigenvalue weighted by atomic mass is 9.94. The van der Waals surface area contributed by atoms with Crippen molar-refractivity contribution in [3.05, 3.63) is 67.5 Å². The van der Waals surface area contributed by atoms with Gasteiger partial charge in [-0.1, -0.05) is 44.5 Å². The quantitative estimate of drug-likeness (QED) is 0.273. The van der Waals surface area contributed by atoms with E-state index in [0.717, 1.165) is 28.2 Å². The van der Waals surface area contributed by atoms with E-state index in [9.17, 15) is 0 Å². The van der Waals surface area contributed by atoms with Crippen molar-refractivity contribution in [2.24, 2.45) is 0 Å². The molecule has 0 aliphatic carbocycles. The molecule has 5 heteroatoms. The first-order valence-electron chi connectivity index (χ1n) is 8.76. The molecule has 3 aromatic heterocycles. The molecule has 0 amide bonds. The summed E-state index contributed by atoms with van der Waals surface area (Å²) in [5, 5.41) is 4.02. The van der Waals surface area contributed by atoms with Gasteiger partial charge in [0.05, 0.1) is 10.7 Å². The highest BCUT2D eigenvalue weighted by Gasteiger charge is 2.14. The molecular weight excluding hydrogens is 475 g/mol. The van der Waals surface area contributed by atoms with Gasteiger partial charge in [0.25, 0.3) is 0 Å². The first kappa shape index (κ1) is 18.3. The Bertz CT molecular complexity index is 1100. The number of imidazole rings is 1. The molecule has 0 fully saturated rings. The number of hydrogen-bond acceptors (Lipinski definition) is 2. The number of thiophene rings is 1. The summed E-state index contributed by atoms with van der Waals surface area (Å²) in [6.07, 6.45) is 5.34.